The molecule has 2 saturated heterocycles. The van der Waals surface area contributed by atoms with Gasteiger partial charge in [0.15, 0.2) is 4.34 Å². The number of thiazole rings is 1. The van der Waals surface area contributed by atoms with E-state index in [1.165, 1.54) is 34.1 Å². The minimum Gasteiger partial charge on any atom is -0.356 e. The summed E-state index contributed by atoms with van der Waals surface area (Å²) >= 11 is 3.78. The van der Waals surface area contributed by atoms with E-state index in [0.717, 1.165) is 60.4 Å². The molecule has 4 atom stereocenters. The molecule has 3 aromatic rings. The Morgan fingerprint density at radius 2 is 1.94 bits per heavy atom. The van der Waals surface area contributed by atoms with Crippen LogP contribution in [-0.2, 0) is 0 Å². The lowest BCUT2D eigenvalue weighted by Gasteiger charge is -2.34. The number of hydrogen-bond acceptors (Lipinski definition) is 7. The molecular formula is C24H29N5S2. The van der Waals surface area contributed by atoms with E-state index in [1.807, 2.05) is 23.1 Å². The number of aromatic nitrogens is 3. The van der Waals surface area contributed by atoms with Crippen molar-refractivity contribution in [2.75, 3.05) is 35.2 Å². The molecule has 4 heterocycles. The van der Waals surface area contributed by atoms with Gasteiger partial charge < -0.3 is 9.80 Å². The summed E-state index contributed by atoms with van der Waals surface area (Å²) in [7, 11) is 0. The minimum absolute atomic E-state index is 0.541. The first-order valence-corrected chi connectivity index (χ1v) is 13.3. The molecule has 31 heavy (non-hydrogen) atoms. The fourth-order valence-electron chi connectivity index (χ4n) is 5.39. The van der Waals surface area contributed by atoms with Gasteiger partial charge in [-0.25, -0.2) is 9.97 Å². The van der Waals surface area contributed by atoms with Gasteiger partial charge in [0.1, 0.15) is 5.82 Å². The van der Waals surface area contributed by atoms with Crippen molar-refractivity contribution in [3.8, 4) is 0 Å². The third-order valence-electron chi connectivity index (χ3n) is 7.26. The molecule has 2 aliphatic heterocycles. The van der Waals surface area contributed by atoms with Crippen LogP contribution >= 0.6 is 23.1 Å². The first-order valence-electron chi connectivity index (χ1n) is 11.5. The van der Waals surface area contributed by atoms with Crippen LogP contribution in [-0.4, -0.2) is 46.4 Å². The molecule has 0 unspecified atom stereocenters. The molecule has 0 N–H and O–H groups in total. The average Bonchev–Trinajstić information content (AvgIpc) is 3.11. The number of anilines is 2. The van der Waals surface area contributed by atoms with Crippen molar-refractivity contribution in [3.05, 3.63) is 36.0 Å². The molecule has 3 aliphatic rings. The maximum atomic E-state index is 5.01. The first kappa shape index (κ1) is 19.8. The van der Waals surface area contributed by atoms with Gasteiger partial charge >= 0.3 is 0 Å². The molecule has 0 radical (unpaired) electrons. The second-order valence-corrected chi connectivity index (χ2v) is 11.7. The Kier molecular flexibility index (Phi) is 5.06. The highest BCUT2D eigenvalue weighted by molar-refractivity contribution is 8.01. The molecule has 162 valence electrons. The number of thioether (sulfide) groups is 1. The molecule has 6 rings (SSSR count). The summed E-state index contributed by atoms with van der Waals surface area (Å²) in [6.45, 7) is 7.78. The molecule has 1 aliphatic carbocycles. The number of benzene rings is 1. The number of hydrogen-bond donors (Lipinski definition) is 0. The molecule has 2 aromatic heterocycles. The number of aryl methyl sites for hydroxylation is 1. The van der Waals surface area contributed by atoms with Gasteiger partial charge in [-0.05, 0) is 63.0 Å². The minimum atomic E-state index is 0.541. The van der Waals surface area contributed by atoms with E-state index >= 15 is 0 Å². The van der Waals surface area contributed by atoms with Crippen molar-refractivity contribution in [2.45, 2.75) is 43.5 Å². The normalized spacial score (nSPS) is 27.7. The summed E-state index contributed by atoms with van der Waals surface area (Å²) in [6, 6.07) is 11.2. The quantitative estimate of drug-likeness (QED) is 0.494. The van der Waals surface area contributed by atoms with Gasteiger partial charge in [0.05, 0.1) is 10.2 Å². The van der Waals surface area contributed by atoms with Gasteiger partial charge in [-0.1, -0.05) is 23.9 Å². The van der Waals surface area contributed by atoms with E-state index in [9.17, 15) is 0 Å². The van der Waals surface area contributed by atoms with E-state index in [0.29, 0.717) is 6.04 Å². The lowest BCUT2D eigenvalue weighted by atomic mass is 10.0. The standard InChI is InChI=1S/C24H29N5S2/c1-15-11-22(27-23(25-15)29-10-6-5-7-16(29)2)28-12-17-18(13-28)19(17)14-30-24-26-20-8-3-4-9-21(20)31-24/h3-4,8-9,11,16-19H,5-7,10,12-14H2,1-2H3/t16-,17-,18+,19+/m0/s1. The topological polar surface area (TPSA) is 45.2 Å². The summed E-state index contributed by atoms with van der Waals surface area (Å²) in [5.41, 5.74) is 2.22. The van der Waals surface area contributed by atoms with Crippen molar-refractivity contribution in [2.24, 2.45) is 17.8 Å². The Morgan fingerprint density at radius 3 is 2.74 bits per heavy atom. The zero-order valence-corrected chi connectivity index (χ0v) is 19.8. The molecule has 0 bridgehead atoms. The lowest BCUT2D eigenvalue weighted by molar-refractivity contribution is 0.476. The van der Waals surface area contributed by atoms with Crippen LogP contribution in [0.4, 0.5) is 11.8 Å². The fraction of sp³-hybridized carbons (Fsp3) is 0.542. The highest BCUT2D eigenvalue weighted by atomic mass is 32.2. The van der Waals surface area contributed by atoms with Crippen LogP contribution < -0.4 is 9.80 Å². The number of nitrogens with zero attached hydrogens (tertiary/aromatic N) is 5. The third-order valence-corrected chi connectivity index (χ3v) is 9.58. The molecular weight excluding hydrogens is 422 g/mol. The number of para-hydroxylation sites is 1. The zero-order chi connectivity index (χ0) is 20.9. The van der Waals surface area contributed by atoms with E-state index in [2.05, 4.69) is 54.0 Å². The molecule has 3 fully saturated rings. The van der Waals surface area contributed by atoms with Gasteiger partial charge in [0, 0.05) is 43.2 Å². The second kappa shape index (κ2) is 7.93. The predicted octanol–water partition coefficient (Wildman–Crippen LogP) is 5.25. The van der Waals surface area contributed by atoms with Crippen molar-refractivity contribution in [1.29, 1.82) is 0 Å². The molecule has 0 amide bonds. The van der Waals surface area contributed by atoms with E-state index < -0.39 is 0 Å². The number of piperidine rings is 2. The van der Waals surface area contributed by atoms with Crippen LogP contribution in [0.2, 0.25) is 0 Å². The van der Waals surface area contributed by atoms with Gasteiger partial charge in [-0.3, -0.25) is 0 Å². The highest BCUT2D eigenvalue weighted by Crippen LogP contribution is 2.54. The summed E-state index contributed by atoms with van der Waals surface area (Å²) in [5, 5.41) is 0. The fourth-order valence-corrected chi connectivity index (χ4v) is 7.78. The number of rotatable bonds is 5. The van der Waals surface area contributed by atoms with Gasteiger partial charge in [0.25, 0.3) is 0 Å². The molecule has 0 spiro atoms. The lowest BCUT2D eigenvalue weighted by Crippen LogP contribution is -2.39. The van der Waals surface area contributed by atoms with Gasteiger partial charge in [0.2, 0.25) is 5.95 Å². The predicted molar refractivity (Wildman–Crippen MR) is 130 cm³/mol. The van der Waals surface area contributed by atoms with Crippen LogP contribution in [0.3, 0.4) is 0 Å². The second-order valence-electron chi connectivity index (χ2n) is 9.36. The maximum Gasteiger partial charge on any atom is 0.227 e. The molecule has 1 saturated carbocycles. The Labute approximate surface area is 192 Å². The van der Waals surface area contributed by atoms with Crippen LogP contribution in [0, 0.1) is 24.7 Å². The summed E-state index contributed by atoms with van der Waals surface area (Å²) < 4.78 is 2.51. The van der Waals surface area contributed by atoms with Crippen molar-refractivity contribution >= 4 is 45.1 Å². The SMILES string of the molecule is Cc1cc(N2C[C@@H]3[C@@H](CSc4nc5ccccc5s4)[C@@H]3C2)nc(N2CCCC[C@@H]2C)n1. The number of fused-ring (bicyclic) bond motifs is 2. The molecule has 7 heteroatoms. The monoisotopic (exact) mass is 451 g/mol. The molecule has 5 nitrogen and oxygen atoms in total. The maximum absolute atomic E-state index is 5.01. The average molecular weight is 452 g/mol. The van der Waals surface area contributed by atoms with Crippen molar-refractivity contribution in [1.82, 2.24) is 15.0 Å². The third kappa shape index (κ3) is 3.80. The first-order chi connectivity index (χ1) is 15.2. The largest absolute Gasteiger partial charge is 0.356 e. The van der Waals surface area contributed by atoms with E-state index in [1.54, 1.807) is 0 Å². The summed E-state index contributed by atoms with van der Waals surface area (Å²) in [5.74, 6) is 5.72. The summed E-state index contributed by atoms with van der Waals surface area (Å²) in [6.07, 6.45) is 3.82. The van der Waals surface area contributed by atoms with Crippen LogP contribution in [0.25, 0.3) is 10.2 Å². The molecule has 1 aromatic carbocycles. The smallest absolute Gasteiger partial charge is 0.227 e. The van der Waals surface area contributed by atoms with Crippen LogP contribution in [0.15, 0.2) is 34.7 Å². The van der Waals surface area contributed by atoms with Crippen LogP contribution in [0.1, 0.15) is 31.9 Å². The highest BCUT2D eigenvalue weighted by Gasteiger charge is 2.55. The van der Waals surface area contributed by atoms with E-state index in [4.69, 9.17) is 15.0 Å². The van der Waals surface area contributed by atoms with E-state index in [-0.39, 0.29) is 0 Å². The summed E-state index contributed by atoms with van der Waals surface area (Å²) in [4.78, 5) is 19.5. The van der Waals surface area contributed by atoms with Gasteiger partial charge in [-0.15, -0.1) is 11.3 Å². The van der Waals surface area contributed by atoms with Gasteiger partial charge in [-0.2, -0.15) is 4.98 Å². The Balaban J connectivity index is 1.09. The Morgan fingerprint density at radius 1 is 1.10 bits per heavy atom. The van der Waals surface area contributed by atoms with Crippen molar-refractivity contribution in [3.63, 3.8) is 0 Å². The Bertz CT molecular complexity index is 1050. The van der Waals surface area contributed by atoms with Crippen molar-refractivity contribution < 1.29 is 0 Å². The Hall–Kier alpha value is -1.86. The zero-order valence-electron chi connectivity index (χ0n) is 18.2. The van der Waals surface area contributed by atoms with Crippen LogP contribution in [0.5, 0.6) is 0 Å².